The molecule has 2 atom stereocenters. The van der Waals surface area contributed by atoms with Crippen LogP contribution in [0.3, 0.4) is 0 Å². The number of aliphatic hydroxyl groups excluding tert-OH is 1. The second kappa shape index (κ2) is 7.76. The van der Waals surface area contributed by atoms with E-state index < -0.39 is 6.10 Å². The highest BCUT2D eigenvalue weighted by molar-refractivity contribution is 5.79. The number of rotatable bonds is 3. The lowest BCUT2D eigenvalue weighted by Gasteiger charge is -2.25. The van der Waals surface area contributed by atoms with Gasteiger partial charge in [0.1, 0.15) is 6.61 Å². The van der Waals surface area contributed by atoms with Crippen molar-refractivity contribution < 1.29 is 14.6 Å². The van der Waals surface area contributed by atoms with Gasteiger partial charge in [-0.2, -0.15) is 0 Å². The molecule has 0 radical (unpaired) electrons. The summed E-state index contributed by atoms with van der Waals surface area (Å²) in [5.74, 6) is 0.0442. The molecule has 2 heterocycles. The van der Waals surface area contributed by atoms with Crippen molar-refractivity contribution in [3.05, 3.63) is 95.1 Å². The first kappa shape index (κ1) is 19.5. The molecule has 1 saturated heterocycles. The van der Waals surface area contributed by atoms with E-state index in [1.165, 1.54) is 33.4 Å². The van der Waals surface area contributed by atoms with Gasteiger partial charge in [0.15, 0.2) is 0 Å². The molecular formula is C27H26N2O3. The molecule has 6 rings (SSSR count). The first-order valence-electron chi connectivity index (χ1n) is 11.3. The fraction of sp³-hybridized carbons (Fsp3) is 0.296. The van der Waals surface area contributed by atoms with Crippen molar-refractivity contribution in [1.29, 1.82) is 0 Å². The molecule has 0 saturated carbocycles. The molecule has 162 valence electrons. The van der Waals surface area contributed by atoms with Crippen LogP contribution in [0.5, 0.6) is 0 Å². The lowest BCUT2D eigenvalue weighted by atomic mass is 9.98. The first-order chi connectivity index (χ1) is 15.7. The van der Waals surface area contributed by atoms with Crippen molar-refractivity contribution in [2.24, 2.45) is 0 Å². The molecule has 1 aliphatic carbocycles. The number of benzene rings is 3. The normalized spacial score (nSPS) is 22.0. The molecule has 1 fully saturated rings. The van der Waals surface area contributed by atoms with Crippen LogP contribution in [-0.2, 0) is 17.8 Å². The average molecular weight is 427 g/mol. The predicted molar refractivity (Wildman–Crippen MR) is 122 cm³/mol. The summed E-state index contributed by atoms with van der Waals surface area (Å²) in [5.41, 5.74) is 7.45. The maximum atomic E-state index is 12.9. The third-order valence-corrected chi connectivity index (χ3v) is 7.19. The van der Waals surface area contributed by atoms with Gasteiger partial charge in [-0.1, -0.05) is 72.8 Å². The Morgan fingerprint density at radius 2 is 1.41 bits per heavy atom. The number of β-amino-alcohol motifs (C(OH)–C–C–N with tert-alkyl or cyclic N) is 1. The molecule has 32 heavy (non-hydrogen) atoms. The van der Waals surface area contributed by atoms with Gasteiger partial charge in [0.2, 0.25) is 0 Å². The smallest absolute Gasteiger partial charge is 0.409 e. The maximum absolute atomic E-state index is 12.9. The quantitative estimate of drug-likeness (QED) is 0.688. The van der Waals surface area contributed by atoms with E-state index in [9.17, 15) is 9.90 Å². The number of likely N-dealkylation sites (tertiary alicyclic amines) is 1. The van der Waals surface area contributed by atoms with Crippen molar-refractivity contribution >= 4 is 6.09 Å². The number of aliphatic hydroxyl groups is 1. The Bertz CT molecular complexity index is 1110. The van der Waals surface area contributed by atoms with Crippen molar-refractivity contribution in [3.63, 3.8) is 0 Å². The van der Waals surface area contributed by atoms with Crippen LogP contribution in [0.15, 0.2) is 72.8 Å². The van der Waals surface area contributed by atoms with Crippen LogP contribution in [0.2, 0.25) is 0 Å². The van der Waals surface area contributed by atoms with Gasteiger partial charge < -0.3 is 14.7 Å². The molecule has 0 spiro atoms. The summed E-state index contributed by atoms with van der Waals surface area (Å²) in [6, 6.07) is 25.0. The van der Waals surface area contributed by atoms with Crippen LogP contribution in [0.4, 0.5) is 4.79 Å². The van der Waals surface area contributed by atoms with E-state index in [-0.39, 0.29) is 18.1 Å². The van der Waals surface area contributed by atoms with Crippen LogP contribution < -0.4 is 0 Å². The molecule has 5 nitrogen and oxygen atoms in total. The highest BCUT2D eigenvalue weighted by Gasteiger charge is 2.40. The fourth-order valence-electron chi connectivity index (χ4n) is 5.56. The Kier molecular flexibility index (Phi) is 4.74. The monoisotopic (exact) mass is 426 g/mol. The first-order valence-corrected chi connectivity index (χ1v) is 11.3. The molecule has 0 unspecified atom stereocenters. The number of carbonyl (C=O) groups is 1. The molecule has 1 amide bonds. The molecule has 3 aromatic rings. The number of hydrogen-bond acceptors (Lipinski definition) is 4. The largest absolute Gasteiger partial charge is 0.448 e. The zero-order valence-electron chi connectivity index (χ0n) is 17.9. The van der Waals surface area contributed by atoms with Gasteiger partial charge in [-0.05, 0) is 33.4 Å². The Morgan fingerprint density at radius 1 is 0.844 bits per heavy atom. The lowest BCUT2D eigenvalue weighted by molar-refractivity contribution is 0.0808. The summed E-state index contributed by atoms with van der Waals surface area (Å²) in [6.45, 7) is 2.74. The van der Waals surface area contributed by atoms with E-state index in [2.05, 4.69) is 53.4 Å². The molecule has 1 N–H and O–H groups in total. The molecule has 3 aliphatic rings. The van der Waals surface area contributed by atoms with E-state index in [1.807, 2.05) is 24.3 Å². The number of fused-ring (bicyclic) bond motifs is 4. The molecule has 0 bridgehead atoms. The maximum Gasteiger partial charge on any atom is 0.409 e. The number of amides is 1. The minimum atomic E-state index is -0.565. The van der Waals surface area contributed by atoms with Crippen LogP contribution >= 0.6 is 0 Å². The second-order valence-corrected chi connectivity index (χ2v) is 9.02. The number of hydrogen-bond donors (Lipinski definition) is 1. The molecule has 0 aromatic heterocycles. The number of ether oxygens (including phenoxy) is 1. The summed E-state index contributed by atoms with van der Waals surface area (Å²) in [7, 11) is 0. The number of carbonyl (C=O) groups excluding carboxylic acids is 1. The molecule has 3 aromatic carbocycles. The van der Waals surface area contributed by atoms with E-state index >= 15 is 0 Å². The predicted octanol–water partition coefficient (Wildman–Crippen LogP) is 4.00. The summed E-state index contributed by atoms with van der Waals surface area (Å²) < 4.78 is 5.80. The lowest BCUT2D eigenvalue weighted by Crippen LogP contribution is -2.40. The minimum Gasteiger partial charge on any atom is -0.448 e. The van der Waals surface area contributed by atoms with Crippen LogP contribution in [0.1, 0.15) is 28.2 Å². The van der Waals surface area contributed by atoms with Crippen molar-refractivity contribution in [1.82, 2.24) is 9.80 Å². The van der Waals surface area contributed by atoms with Gasteiger partial charge in [-0.3, -0.25) is 4.90 Å². The number of nitrogens with zero attached hydrogens (tertiary/aromatic N) is 2. The minimum absolute atomic E-state index is 0.0442. The van der Waals surface area contributed by atoms with E-state index in [0.29, 0.717) is 19.7 Å². The van der Waals surface area contributed by atoms with Gasteiger partial charge in [0.05, 0.1) is 18.7 Å². The van der Waals surface area contributed by atoms with Gasteiger partial charge in [-0.25, -0.2) is 4.79 Å². The van der Waals surface area contributed by atoms with E-state index in [1.54, 1.807) is 4.90 Å². The topological polar surface area (TPSA) is 53.0 Å². The summed E-state index contributed by atoms with van der Waals surface area (Å²) >= 11 is 0. The third kappa shape index (κ3) is 3.20. The average Bonchev–Trinajstić information content (AvgIpc) is 3.51. The fourth-order valence-corrected chi connectivity index (χ4v) is 5.56. The zero-order chi connectivity index (χ0) is 21.7. The second-order valence-electron chi connectivity index (χ2n) is 9.02. The van der Waals surface area contributed by atoms with E-state index in [4.69, 9.17) is 4.74 Å². The van der Waals surface area contributed by atoms with Gasteiger partial charge in [-0.15, -0.1) is 0 Å². The molecule has 5 heteroatoms. The SMILES string of the molecule is O=C(OCC1c2ccccc2-c2ccccc21)N1C[C@H](O)[C@@H](N2Cc3ccccc3C2)C1. The Labute approximate surface area is 187 Å². The Hall–Kier alpha value is -3.15. The zero-order valence-corrected chi connectivity index (χ0v) is 17.9. The highest BCUT2D eigenvalue weighted by atomic mass is 16.6. The summed E-state index contributed by atoms with van der Waals surface area (Å²) in [4.78, 5) is 16.9. The van der Waals surface area contributed by atoms with E-state index in [0.717, 1.165) is 13.1 Å². The van der Waals surface area contributed by atoms with Crippen LogP contribution in [0, 0.1) is 0 Å². The Morgan fingerprint density at radius 3 is 2.03 bits per heavy atom. The molecular weight excluding hydrogens is 400 g/mol. The summed E-state index contributed by atoms with van der Waals surface area (Å²) in [5, 5.41) is 10.7. The van der Waals surface area contributed by atoms with Gasteiger partial charge in [0.25, 0.3) is 0 Å². The van der Waals surface area contributed by atoms with Crippen molar-refractivity contribution in [2.45, 2.75) is 31.2 Å². The Balaban J connectivity index is 1.13. The standard InChI is InChI=1S/C27H26N2O3/c30-26-16-29(15-25(26)28-13-18-7-1-2-8-19(18)14-28)27(31)32-17-24-22-11-5-3-9-20(22)21-10-4-6-12-23(21)24/h1-12,24-26,30H,13-17H2/t25-,26-/m0/s1. The molecule has 2 aliphatic heterocycles. The highest BCUT2D eigenvalue weighted by Crippen LogP contribution is 2.44. The third-order valence-electron chi connectivity index (χ3n) is 7.19. The van der Waals surface area contributed by atoms with Crippen LogP contribution in [0.25, 0.3) is 11.1 Å². The summed E-state index contributed by atoms with van der Waals surface area (Å²) in [6.07, 6.45) is -0.907. The van der Waals surface area contributed by atoms with Gasteiger partial charge in [0, 0.05) is 25.6 Å². The van der Waals surface area contributed by atoms with Crippen molar-refractivity contribution in [2.75, 3.05) is 19.7 Å². The van der Waals surface area contributed by atoms with Crippen LogP contribution in [-0.4, -0.2) is 52.8 Å². The van der Waals surface area contributed by atoms with Crippen molar-refractivity contribution in [3.8, 4) is 11.1 Å². The van der Waals surface area contributed by atoms with Gasteiger partial charge >= 0.3 is 6.09 Å².